The number of hydrogen-bond donors (Lipinski definition) is 1. The van der Waals surface area contributed by atoms with Gasteiger partial charge >= 0.3 is 0 Å². The molecule has 1 N–H and O–H groups in total. The summed E-state index contributed by atoms with van der Waals surface area (Å²) in [4.78, 5) is 0. The second-order valence-corrected chi connectivity index (χ2v) is 5.96. The van der Waals surface area contributed by atoms with Gasteiger partial charge in [0.15, 0.2) is 0 Å². The number of benzene rings is 1. The van der Waals surface area contributed by atoms with E-state index in [-0.39, 0.29) is 0 Å². The fourth-order valence-corrected chi connectivity index (χ4v) is 3.14. The van der Waals surface area contributed by atoms with Crippen LogP contribution in [0.5, 0.6) is 0 Å². The van der Waals surface area contributed by atoms with Gasteiger partial charge in [-0.1, -0.05) is 49.6 Å². The quantitative estimate of drug-likeness (QED) is 0.779. The lowest BCUT2D eigenvalue weighted by atomic mass is 9.88. The molecule has 1 aliphatic rings. The van der Waals surface area contributed by atoms with Crippen molar-refractivity contribution in [2.75, 3.05) is 20.3 Å². The molecule has 0 aromatic heterocycles. The Bertz CT molecular complexity index is 448. The SMILES string of the molecule is CNC(C#N)(CCOCC1CCCCC1)c1ccccc1. The Morgan fingerprint density at radius 3 is 2.57 bits per heavy atom. The first-order chi connectivity index (χ1) is 10.3. The Kier molecular flexibility index (Phi) is 6.22. The van der Waals surface area contributed by atoms with Crippen molar-refractivity contribution in [2.45, 2.75) is 44.1 Å². The summed E-state index contributed by atoms with van der Waals surface area (Å²) in [7, 11) is 1.84. The van der Waals surface area contributed by atoms with Crippen LogP contribution in [0.2, 0.25) is 0 Å². The van der Waals surface area contributed by atoms with Crippen LogP contribution < -0.4 is 5.32 Å². The first kappa shape index (κ1) is 16.0. The molecule has 2 rings (SSSR count). The number of nitrogens with one attached hydrogen (secondary N) is 1. The van der Waals surface area contributed by atoms with Gasteiger partial charge in [0.25, 0.3) is 0 Å². The van der Waals surface area contributed by atoms with Crippen molar-refractivity contribution in [1.82, 2.24) is 5.32 Å². The highest BCUT2D eigenvalue weighted by atomic mass is 16.5. The predicted molar refractivity (Wildman–Crippen MR) is 84.8 cm³/mol. The maximum atomic E-state index is 9.61. The lowest BCUT2D eigenvalue weighted by molar-refractivity contribution is 0.0739. The topological polar surface area (TPSA) is 45.0 Å². The minimum absolute atomic E-state index is 0.625. The van der Waals surface area contributed by atoms with E-state index in [0.29, 0.717) is 13.0 Å². The van der Waals surface area contributed by atoms with E-state index < -0.39 is 5.54 Å². The Balaban J connectivity index is 1.84. The van der Waals surface area contributed by atoms with Crippen LogP contribution in [-0.2, 0) is 10.3 Å². The molecule has 1 saturated carbocycles. The molecule has 1 fully saturated rings. The van der Waals surface area contributed by atoms with Crippen LogP contribution in [0.25, 0.3) is 0 Å². The molecule has 0 heterocycles. The first-order valence-corrected chi connectivity index (χ1v) is 8.04. The summed E-state index contributed by atoms with van der Waals surface area (Å²) >= 11 is 0. The molecule has 0 aliphatic heterocycles. The Labute approximate surface area is 128 Å². The van der Waals surface area contributed by atoms with E-state index in [1.165, 1.54) is 32.1 Å². The van der Waals surface area contributed by atoms with Crippen LogP contribution in [0.3, 0.4) is 0 Å². The van der Waals surface area contributed by atoms with Gasteiger partial charge in [-0.05, 0) is 31.4 Å². The summed E-state index contributed by atoms with van der Waals surface area (Å²) in [6, 6.07) is 12.4. The molecule has 0 spiro atoms. The number of hydrogen-bond acceptors (Lipinski definition) is 3. The van der Waals surface area contributed by atoms with Gasteiger partial charge in [-0.15, -0.1) is 0 Å². The van der Waals surface area contributed by atoms with Crippen LogP contribution in [0.15, 0.2) is 30.3 Å². The highest BCUT2D eigenvalue weighted by Crippen LogP contribution is 2.26. The maximum absolute atomic E-state index is 9.61. The van der Waals surface area contributed by atoms with Gasteiger partial charge in [0.2, 0.25) is 0 Å². The maximum Gasteiger partial charge on any atom is 0.134 e. The van der Waals surface area contributed by atoms with E-state index in [2.05, 4.69) is 11.4 Å². The summed E-state index contributed by atoms with van der Waals surface area (Å²) in [5, 5.41) is 12.8. The van der Waals surface area contributed by atoms with Crippen LogP contribution in [0.1, 0.15) is 44.1 Å². The number of nitrogens with zero attached hydrogens (tertiary/aromatic N) is 1. The van der Waals surface area contributed by atoms with Crippen molar-refractivity contribution in [2.24, 2.45) is 5.92 Å². The van der Waals surface area contributed by atoms with Crippen molar-refractivity contribution >= 4 is 0 Å². The van der Waals surface area contributed by atoms with E-state index in [1.54, 1.807) is 0 Å². The smallest absolute Gasteiger partial charge is 0.134 e. The largest absolute Gasteiger partial charge is 0.381 e. The Morgan fingerprint density at radius 2 is 1.95 bits per heavy atom. The molecule has 21 heavy (non-hydrogen) atoms. The molecule has 1 aromatic rings. The van der Waals surface area contributed by atoms with Crippen LogP contribution in [-0.4, -0.2) is 20.3 Å². The Morgan fingerprint density at radius 1 is 1.24 bits per heavy atom. The highest BCUT2D eigenvalue weighted by Gasteiger charge is 2.30. The molecule has 1 atom stereocenters. The third-order valence-electron chi connectivity index (χ3n) is 4.58. The van der Waals surface area contributed by atoms with Crippen molar-refractivity contribution < 1.29 is 4.74 Å². The van der Waals surface area contributed by atoms with Crippen LogP contribution in [0, 0.1) is 17.2 Å². The minimum atomic E-state index is -0.645. The molecular weight excluding hydrogens is 260 g/mol. The normalized spacial score (nSPS) is 18.9. The zero-order chi connectivity index (χ0) is 15.0. The summed E-state index contributed by atoms with van der Waals surface area (Å²) in [6.07, 6.45) is 7.34. The van der Waals surface area contributed by atoms with Gasteiger partial charge < -0.3 is 4.74 Å². The molecule has 1 aromatic carbocycles. The van der Waals surface area contributed by atoms with E-state index >= 15 is 0 Å². The van der Waals surface area contributed by atoms with Crippen molar-refractivity contribution in [3.05, 3.63) is 35.9 Å². The Hall–Kier alpha value is -1.37. The van der Waals surface area contributed by atoms with E-state index in [1.807, 2.05) is 37.4 Å². The monoisotopic (exact) mass is 286 g/mol. The summed E-state index contributed by atoms with van der Waals surface area (Å²) in [5.41, 5.74) is 0.365. The first-order valence-electron chi connectivity index (χ1n) is 8.04. The van der Waals surface area contributed by atoms with Crippen molar-refractivity contribution in [1.29, 1.82) is 5.26 Å². The zero-order valence-electron chi connectivity index (χ0n) is 13.0. The van der Waals surface area contributed by atoms with E-state index in [0.717, 1.165) is 18.1 Å². The number of rotatable bonds is 7. The molecule has 0 saturated heterocycles. The lowest BCUT2D eigenvalue weighted by Gasteiger charge is -2.27. The number of nitriles is 1. The van der Waals surface area contributed by atoms with Gasteiger partial charge in [-0.3, -0.25) is 5.32 Å². The third-order valence-corrected chi connectivity index (χ3v) is 4.58. The fraction of sp³-hybridized carbons (Fsp3) is 0.611. The molecule has 0 radical (unpaired) electrons. The third kappa shape index (κ3) is 4.30. The van der Waals surface area contributed by atoms with E-state index in [9.17, 15) is 5.26 Å². The second kappa shape index (κ2) is 8.17. The van der Waals surface area contributed by atoms with Crippen molar-refractivity contribution in [3.63, 3.8) is 0 Å². The van der Waals surface area contributed by atoms with E-state index in [4.69, 9.17) is 4.74 Å². The zero-order valence-corrected chi connectivity index (χ0v) is 13.0. The van der Waals surface area contributed by atoms with Crippen LogP contribution >= 0.6 is 0 Å². The van der Waals surface area contributed by atoms with Gasteiger partial charge in [0.05, 0.1) is 6.07 Å². The standard InChI is InChI=1S/C18H26N2O/c1-20-18(15-19,17-10-6-3-7-11-17)12-13-21-14-16-8-4-2-5-9-16/h3,6-7,10-11,16,20H,2,4-5,8-9,12-14H2,1H3. The molecule has 114 valence electrons. The molecule has 1 unspecified atom stereocenters. The second-order valence-electron chi connectivity index (χ2n) is 5.96. The fourth-order valence-electron chi connectivity index (χ4n) is 3.14. The summed E-state index contributed by atoms with van der Waals surface area (Å²) < 4.78 is 5.86. The van der Waals surface area contributed by atoms with Gasteiger partial charge in [0.1, 0.15) is 5.54 Å². The lowest BCUT2D eigenvalue weighted by Crippen LogP contribution is -2.39. The molecule has 3 nitrogen and oxygen atoms in total. The average molecular weight is 286 g/mol. The van der Waals surface area contributed by atoms with Gasteiger partial charge in [-0.25, -0.2) is 0 Å². The molecular formula is C18H26N2O. The summed E-state index contributed by atoms with van der Waals surface area (Å²) in [6.45, 7) is 1.47. The molecule has 0 amide bonds. The molecule has 3 heteroatoms. The van der Waals surface area contributed by atoms with Gasteiger partial charge in [-0.2, -0.15) is 5.26 Å². The predicted octanol–water partition coefficient (Wildman–Crippen LogP) is 3.61. The van der Waals surface area contributed by atoms with Crippen LogP contribution in [0.4, 0.5) is 0 Å². The highest BCUT2D eigenvalue weighted by molar-refractivity contribution is 5.31. The average Bonchev–Trinajstić information content (AvgIpc) is 2.57. The molecule has 0 bridgehead atoms. The van der Waals surface area contributed by atoms with Crippen molar-refractivity contribution in [3.8, 4) is 6.07 Å². The number of ether oxygens (including phenoxy) is 1. The summed E-state index contributed by atoms with van der Waals surface area (Å²) in [5.74, 6) is 0.724. The molecule has 1 aliphatic carbocycles. The minimum Gasteiger partial charge on any atom is -0.381 e. The van der Waals surface area contributed by atoms with Gasteiger partial charge in [0, 0.05) is 19.6 Å².